The molecule has 0 saturated carbocycles. The molecule has 5 N–H and O–H groups in total. The molecule has 368 valence electrons. The minimum absolute atomic E-state index is 0.0278. The summed E-state index contributed by atoms with van der Waals surface area (Å²) in [4.78, 5) is 3.53. The second-order valence-corrected chi connectivity index (χ2v) is 18.8. The lowest BCUT2D eigenvalue weighted by Crippen LogP contribution is -2.15. The number of para-hydroxylation sites is 3. The first kappa shape index (κ1) is 61.3. The number of nitrogens with one attached hydrogen (secondary N) is 2. The van der Waals surface area contributed by atoms with Crippen molar-refractivity contribution in [2.24, 2.45) is 0 Å². The topological polar surface area (TPSA) is 245 Å². The summed E-state index contributed by atoms with van der Waals surface area (Å²) in [6.07, 6.45) is 0. The molecule has 0 aliphatic carbocycles. The SMILES string of the molecule is CCN(C)c1ccccc1.CCNC.CNc1ccccc1C.Cc1ccc2c(S(=O)(=O)O)cccc2c1S(=O)(=O)O.Cc1ccccc1N(C)C.Cc1ccccc1S(=O)(=O)O.O=S(=O)=O. The van der Waals surface area contributed by atoms with Gasteiger partial charge in [0.25, 0.3) is 30.4 Å². The highest BCUT2D eigenvalue weighted by molar-refractivity contribution is 7.86. The Morgan fingerprint density at radius 3 is 1.33 bits per heavy atom. The molecule has 67 heavy (non-hydrogen) atoms. The first-order chi connectivity index (χ1) is 31.2. The molecule has 6 aromatic rings. The van der Waals surface area contributed by atoms with E-state index in [0.717, 1.165) is 19.2 Å². The largest absolute Gasteiger partial charge is 0.425 e. The Morgan fingerprint density at radius 2 is 0.955 bits per heavy atom. The van der Waals surface area contributed by atoms with Crippen LogP contribution in [-0.4, -0.2) is 99.9 Å². The maximum atomic E-state index is 11.4. The van der Waals surface area contributed by atoms with Gasteiger partial charge in [-0.15, -0.1) is 12.6 Å². The van der Waals surface area contributed by atoms with E-state index >= 15 is 0 Å². The summed E-state index contributed by atoms with van der Waals surface area (Å²) >= 11 is 0. The highest BCUT2D eigenvalue weighted by Crippen LogP contribution is 2.30. The van der Waals surface area contributed by atoms with Crippen molar-refractivity contribution in [2.45, 2.75) is 56.2 Å². The Hall–Kier alpha value is -5.71. The van der Waals surface area contributed by atoms with Crippen LogP contribution in [0, 0.1) is 27.7 Å². The lowest BCUT2D eigenvalue weighted by atomic mass is 10.1. The Morgan fingerprint density at radius 1 is 0.507 bits per heavy atom. The van der Waals surface area contributed by atoms with Crippen LogP contribution in [-0.2, 0) is 41.0 Å². The number of aryl methyl sites for hydroxylation is 4. The van der Waals surface area contributed by atoms with Crippen LogP contribution in [0.25, 0.3) is 10.8 Å². The first-order valence-corrected chi connectivity index (χ1v) is 25.7. The van der Waals surface area contributed by atoms with Crippen LogP contribution in [0.15, 0.2) is 148 Å². The van der Waals surface area contributed by atoms with Gasteiger partial charge >= 0.3 is 10.6 Å². The number of benzene rings is 6. The Kier molecular flexibility index (Phi) is 27.9. The Balaban J connectivity index is 0.000000801. The van der Waals surface area contributed by atoms with Gasteiger partial charge in [-0.25, -0.2) is 0 Å². The van der Waals surface area contributed by atoms with E-state index in [9.17, 15) is 29.8 Å². The van der Waals surface area contributed by atoms with Crippen LogP contribution in [0.4, 0.5) is 17.1 Å². The molecule has 20 heteroatoms. The maximum absolute atomic E-state index is 11.4. The molecule has 16 nitrogen and oxygen atoms in total. The molecule has 0 heterocycles. The molecule has 0 unspecified atom stereocenters. The predicted octanol–water partition coefficient (Wildman–Crippen LogP) is 8.35. The van der Waals surface area contributed by atoms with Crippen molar-refractivity contribution < 1.29 is 51.5 Å². The van der Waals surface area contributed by atoms with Crippen LogP contribution in [0.2, 0.25) is 0 Å². The molecular formula is C47H64N4O12S4. The molecule has 6 aromatic carbocycles. The lowest BCUT2D eigenvalue weighted by molar-refractivity contribution is 0.480. The minimum atomic E-state index is -4.50. The van der Waals surface area contributed by atoms with Crippen molar-refractivity contribution in [2.75, 3.05) is 63.4 Å². The molecule has 0 radical (unpaired) electrons. The van der Waals surface area contributed by atoms with Gasteiger partial charge in [0.15, 0.2) is 0 Å². The lowest BCUT2D eigenvalue weighted by Gasteiger charge is -2.15. The number of nitrogens with zero attached hydrogens (tertiary/aromatic N) is 2. The summed E-state index contributed by atoms with van der Waals surface area (Å²) in [5.41, 5.74) is 7.23. The number of hydrogen-bond acceptors (Lipinski definition) is 13. The molecule has 6 rings (SSSR count). The fourth-order valence-corrected chi connectivity index (χ4v) is 7.97. The zero-order chi connectivity index (χ0) is 51.5. The van der Waals surface area contributed by atoms with Gasteiger partial charge in [-0.05, 0) is 107 Å². The van der Waals surface area contributed by atoms with Crippen molar-refractivity contribution in [3.05, 3.63) is 156 Å². The summed E-state index contributed by atoms with van der Waals surface area (Å²) in [5.74, 6) is 0. The highest BCUT2D eigenvalue weighted by Gasteiger charge is 2.21. The van der Waals surface area contributed by atoms with Crippen LogP contribution in [0.5, 0.6) is 0 Å². The zero-order valence-electron chi connectivity index (χ0n) is 39.7. The molecule has 0 aliphatic rings. The normalized spacial score (nSPS) is 10.4. The number of fused-ring (bicyclic) bond motifs is 1. The van der Waals surface area contributed by atoms with Crippen LogP contribution in [0.1, 0.15) is 36.1 Å². The third-order valence-corrected chi connectivity index (χ3v) is 12.1. The standard InChI is InChI=1S/C11H10O6S2.2C9H13N.C8H11N.C7H8O3S.C3H9N.O3S/c1-7-5-6-8-9(11(7)19(15,16)17)3-2-4-10(8)18(12,13)14;1-8-6-4-5-7-9(8)10(2)3;1-3-10(2)9-7-5-4-6-8-9;1-7-5-3-4-6-8(7)9-2;1-6-4-2-3-5-7(6)11(8,9)10;1-3-4-2;1-4(2)3/h2-6H,1H3,(H,12,13,14)(H,15,16,17);4-7H,1-3H3;4-8H,3H2,1-2H3;3-6,9H,1-2H3;2-5H,1H3,(H,8,9,10);4H,3H2,1-2H3;. The second-order valence-electron chi connectivity index (χ2n) is 14.3. The molecule has 0 spiro atoms. The van der Waals surface area contributed by atoms with Gasteiger partial charge in [-0.1, -0.05) is 104 Å². The van der Waals surface area contributed by atoms with Gasteiger partial charge in [0, 0.05) is 62.6 Å². The summed E-state index contributed by atoms with van der Waals surface area (Å²) in [5, 5.41) is 6.10. The Bertz CT molecular complexity index is 2880. The van der Waals surface area contributed by atoms with Gasteiger partial charge in [0.05, 0.1) is 4.90 Å². The minimum Gasteiger partial charge on any atom is -0.388 e. The maximum Gasteiger partial charge on any atom is 0.425 e. The molecule has 0 aromatic heterocycles. The van der Waals surface area contributed by atoms with E-state index < -0.39 is 45.9 Å². The zero-order valence-corrected chi connectivity index (χ0v) is 42.9. The van der Waals surface area contributed by atoms with Crippen molar-refractivity contribution in [3.8, 4) is 0 Å². The molecule has 0 aliphatic heterocycles. The number of rotatable bonds is 8. The van der Waals surface area contributed by atoms with Crippen LogP contribution >= 0.6 is 0 Å². The van der Waals surface area contributed by atoms with E-state index in [0.29, 0.717) is 5.56 Å². The smallest absolute Gasteiger partial charge is 0.388 e. The fraction of sp³-hybridized carbons (Fsp3) is 0.277. The Labute approximate surface area is 399 Å². The monoisotopic (exact) mass is 1000 g/mol. The first-order valence-electron chi connectivity index (χ1n) is 20.3. The van der Waals surface area contributed by atoms with E-state index in [1.807, 2.05) is 32.3 Å². The summed E-state index contributed by atoms with van der Waals surface area (Å²) in [6.45, 7) is 13.7. The summed E-state index contributed by atoms with van der Waals surface area (Å²) in [7, 11) is -6.05. The average molecular weight is 1010 g/mol. The van der Waals surface area contributed by atoms with Crippen LogP contribution in [0.3, 0.4) is 0 Å². The average Bonchev–Trinajstić information content (AvgIpc) is 3.26. The number of hydrogen-bond donors (Lipinski definition) is 5. The van der Waals surface area contributed by atoms with E-state index in [1.54, 1.807) is 25.1 Å². The van der Waals surface area contributed by atoms with Gasteiger partial charge < -0.3 is 20.4 Å². The van der Waals surface area contributed by atoms with Crippen molar-refractivity contribution in [1.29, 1.82) is 0 Å². The van der Waals surface area contributed by atoms with E-state index in [-0.39, 0.29) is 26.1 Å². The highest BCUT2D eigenvalue weighted by atomic mass is 32.2. The summed E-state index contributed by atoms with van der Waals surface area (Å²) in [6, 6.07) is 39.8. The molecule has 0 bridgehead atoms. The second kappa shape index (κ2) is 30.6. The molecule has 0 atom stereocenters. The van der Waals surface area contributed by atoms with Crippen molar-refractivity contribution >= 4 is 68.8 Å². The summed E-state index contributed by atoms with van der Waals surface area (Å²) < 4.78 is 119. The number of anilines is 3. The fourth-order valence-electron chi connectivity index (χ4n) is 5.61. The third-order valence-electron chi connectivity index (χ3n) is 9.11. The molecule has 0 amide bonds. The van der Waals surface area contributed by atoms with E-state index in [2.05, 4.69) is 130 Å². The van der Waals surface area contributed by atoms with Gasteiger partial charge in [-0.2, -0.15) is 25.3 Å². The van der Waals surface area contributed by atoms with Crippen LogP contribution < -0.4 is 20.4 Å². The predicted molar refractivity (Wildman–Crippen MR) is 270 cm³/mol. The molecular weight excluding hydrogens is 941 g/mol. The quantitative estimate of drug-likeness (QED) is 0.0900. The molecule has 0 saturated heterocycles. The third kappa shape index (κ3) is 23.5. The van der Waals surface area contributed by atoms with E-state index in [4.69, 9.17) is 21.7 Å². The van der Waals surface area contributed by atoms with Gasteiger partial charge in [0.1, 0.15) is 9.79 Å². The van der Waals surface area contributed by atoms with Crippen molar-refractivity contribution in [3.63, 3.8) is 0 Å². The van der Waals surface area contributed by atoms with Gasteiger partial charge in [0.2, 0.25) is 0 Å². The molecule has 0 fully saturated rings. The van der Waals surface area contributed by atoms with Crippen molar-refractivity contribution in [1.82, 2.24) is 5.32 Å². The van der Waals surface area contributed by atoms with E-state index in [1.165, 1.54) is 65.4 Å². The van der Waals surface area contributed by atoms with Gasteiger partial charge in [-0.3, -0.25) is 13.7 Å².